The van der Waals surface area contributed by atoms with Crippen LogP contribution in [0.15, 0.2) is 36.4 Å². The van der Waals surface area contributed by atoms with Crippen LogP contribution in [0.5, 0.6) is 5.75 Å². The first-order chi connectivity index (χ1) is 21.4. The van der Waals surface area contributed by atoms with Crippen molar-refractivity contribution in [2.45, 2.75) is 122 Å². The van der Waals surface area contributed by atoms with Gasteiger partial charge in [0.05, 0.1) is 12.0 Å². The number of hydrogen-bond donors (Lipinski definition) is 1. The van der Waals surface area contributed by atoms with Crippen LogP contribution in [-0.4, -0.2) is 41.8 Å². The van der Waals surface area contributed by atoms with Crippen LogP contribution in [0.3, 0.4) is 0 Å². The van der Waals surface area contributed by atoms with Gasteiger partial charge in [-0.1, -0.05) is 31.4 Å². The summed E-state index contributed by atoms with van der Waals surface area (Å²) in [5.74, 6) is -0.637. The molecule has 1 aliphatic heterocycles. The van der Waals surface area contributed by atoms with E-state index in [1.807, 2.05) is 0 Å². The van der Waals surface area contributed by atoms with Crippen molar-refractivity contribution in [2.75, 3.05) is 11.4 Å². The summed E-state index contributed by atoms with van der Waals surface area (Å²) in [6.45, 7) is 10.2. The lowest BCUT2D eigenvalue weighted by molar-refractivity contribution is -0.158. The zero-order valence-corrected chi connectivity index (χ0v) is 27.5. The lowest BCUT2D eigenvalue weighted by atomic mass is 9.83. The Bertz CT molecular complexity index is 1420. The van der Waals surface area contributed by atoms with Crippen LogP contribution in [0, 0.1) is 0 Å². The van der Waals surface area contributed by atoms with Gasteiger partial charge in [-0.05, 0) is 102 Å². The Morgan fingerprint density at radius 3 is 2.22 bits per heavy atom. The highest BCUT2D eigenvalue weighted by molar-refractivity contribution is 5.98. The maximum atomic E-state index is 14.0. The minimum atomic E-state index is -4.50. The van der Waals surface area contributed by atoms with E-state index in [2.05, 4.69) is 5.32 Å². The highest BCUT2D eigenvalue weighted by Crippen LogP contribution is 2.39. The average molecular weight is 647 g/mol. The summed E-state index contributed by atoms with van der Waals surface area (Å²) in [6, 6.07) is 8.32. The molecule has 1 saturated carbocycles. The number of nitrogens with one attached hydrogen (secondary N) is 1. The molecule has 2 amide bonds. The molecule has 2 aliphatic rings. The SMILES string of the molecule is CC(C)(C)OC(=O)NC(CC(=O)N1CCc2cc(OCc3ccc(C4CCCCC4)cc3C(F)(F)F)ccc21)C(=O)OC(C)(C)C. The maximum absolute atomic E-state index is 14.0. The summed E-state index contributed by atoms with van der Waals surface area (Å²) in [6.07, 6.45) is -0.222. The number of amides is 2. The monoisotopic (exact) mass is 646 g/mol. The summed E-state index contributed by atoms with van der Waals surface area (Å²) < 4.78 is 58.7. The smallest absolute Gasteiger partial charge is 0.416 e. The Labute approximate surface area is 269 Å². The number of anilines is 1. The predicted molar refractivity (Wildman–Crippen MR) is 168 cm³/mol. The third kappa shape index (κ3) is 9.62. The molecule has 0 radical (unpaired) electrons. The Morgan fingerprint density at radius 2 is 1.59 bits per heavy atom. The normalized spacial score (nSPS) is 16.4. The van der Waals surface area contributed by atoms with Crippen molar-refractivity contribution >= 4 is 23.7 Å². The first-order valence-corrected chi connectivity index (χ1v) is 15.9. The number of rotatable bonds is 8. The van der Waals surface area contributed by atoms with Crippen LogP contribution in [0.4, 0.5) is 23.7 Å². The molecular weight excluding hydrogens is 601 g/mol. The van der Waals surface area contributed by atoms with Gasteiger partial charge >= 0.3 is 18.2 Å². The number of nitrogens with zero attached hydrogens (tertiary/aromatic N) is 1. The Morgan fingerprint density at radius 1 is 0.913 bits per heavy atom. The number of carbonyl (C=O) groups is 3. The standard InChI is InChI=1S/C35H45F3N2O6/c1-33(2,3)45-31(42)28(39-32(43)46-34(4,5)6)20-30(41)40-17-16-24-18-26(14-15-29(24)40)44-21-25-13-12-23(19-27(25)35(36,37)38)22-10-8-7-9-11-22/h12-15,18-19,22,28H,7-11,16-17,20-21H2,1-6H3,(H,39,43). The topological polar surface area (TPSA) is 94.2 Å². The molecule has 4 rings (SSSR count). The maximum Gasteiger partial charge on any atom is 0.416 e. The molecule has 0 aromatic heterocycles. The molecule has 1 N–H and O–H groups in total. The van der Waals surface area contributed by atoms with Crippen molar-refractivity contribution in [1.29, 1.82) is 0 Å². The summed E-state index contributed by atoms with van der Waals surface area (Å²) >= 11 is 0. The number of esters is 1. The van der Waals surface area contributed by atoms with E-state index in [1.54, 1.807) is 65.8 Å². The molecule has 2 aromatic carbocycles. The van der Waals surface area contributed by atoms with Crippen LogP contribution in [0.1, 0.15) is 108 Å². The third-order valence-electron chi connectivity index (χ3n) is 7.92. The van der Waals surface area contributed by atoms with Gasteiger partial charge in [0, 0.05) is 17.8 Å². The van der Waals surface area contributed by atoms with Crippen molar-refractivity contribution in [3.8, 4) is 5.75 Å². The van der Waals surface area contributed by atoms with Crippen molar-refractivity contribution in [2.24, 2.45) is 0 Å². The zero-order valence-electron chi connectivity index (χ0n) is 27.5. The molecule has 252 valence electrons. The summed E-state index contributed by atoms with van der Waals surface area (Å²) in [5.41, 5.74) is -0.152. The molecule has 1 atom stereocenters. The largest absolute Gasteiger partial charge is 0.489 e. The van der Waals surface area contributed by atoms with Gasteiger partial charge in [0.25, 0.3) is 0 Å². The van der Waals surface area contributed by atoms with Crippen molar-refractivity contribution in [1.82, 2.24) is 5.32 Å². The highest BCUT2D eigenvalue weighted by Gasteiger charge is 2.36. The second-order valence-electron chi connectivity index (χ2n) is 14.1. The van der Waals surface area contributed by atoms with E-state index in [4.69, 9.17) is 14.2 Å². The predicted octanol–water partition coefficient (Wildman–Crippen LogP) is 7.85. The molecule has 8 nitrogen and oxygen atoms in total. The molecule has 2 aromatic rings. The van der Waals surface area contributed by atoms with E-state index in [-0.39, 0.29) is 24.5 Å². The van der Waals surface area contributed by atoms with Gasteiger partial charge in [0.2, 0.25) is 5.91 Å². The number of halogens is 3. The number of fused-ring (bicyclic) bond motifs is 1. The molecule has 1 fully saturated rings. The number of carbonyl (C=O) groups excluding carboxylic acids is 3. The number of alkyl halides is 3. The third-order valence-corrected chi connectivity index (χ3v) is 7.92. The minimum Gasteiger partial charge on any atom is -0.489 e. The fourth-order valence-electron chi connectivity index (χ4n) is 5.86. The first-order valence-electron chi connectivity index (χ1n) is 15.9. The second kappa shape index (κ2) is 13.9. The lowest BCUT2D eigenvalue weighted by Crippen LogP contribution is -2.48. The van der Waals surface area contributed by atoms with Gasteiger partial charge in [-0.25, -0.2) is 9.59 Å². The molecule has 1 unspecified atom stereocenters. The fourth-order valence-corrected chi connectivity index (χ4v) is 5.86. The average Bonchev–Trinajstić information content (AvgIpc) is 3.37. The van der Waals surface area contributed by atoms with Gasteiger partial charge in [-0.3, -0.25) is 4.79 Å². The second-order valence-corrected chi connectivity index (χ2v) is 14.1. The number of alkyl carbamates (subject to hydrolysis) is 1. The van der Waals surface area contributed by atoms with Gasteiger partial charge in [-0.2, -0.15) is 13.2 Å². The Balaban J connectivity index is 1.45. The molecule has 1 aliphatic carbocycles. The molecular formula is C35H45F3N2O6. The number of hydrogen-bond acceptors (Lipinski definition) is 6. The van der Waals surface area contributed by atoms with E-state index in [9.17, 15) is 27.6 Å². The quantitative estimate of drug-likeness (QED) is 0.294. The Hall–Kier alpha value is -3.76. The summed E-state index contributed by atoms with van der Waals surface area (Å²) in [7, 11) is 0. The molecule has 0 saturated heterocycles. The molecule has 46 heavy (non-hydrogen) atoms. The highest BCUT2D eigenvalue weighted by atomic mass is 19.4. The van der Waals surface area contributed by atoms with Crippen molar-refractivity contribution in [3.05, 3.63) is 58.7 Å². The summed E-state index contributed by atoms with van der Waals surface area (Å²) in [4.78, 5) is 40.3. The summed E-state index contributed by atoms with van der Waals surface area (Å²) in [5, 5.41) is 2.47. The molecule has 11 heteroatoms. The van der Waals surface area contributed by atoms with Crippen LogP contribution in [-0.2, 0) is 38.3 Å². The lowest BCUT2D eigenvalue weighted by Gasteiger charge is -2.27. The van der Waals surface area contributed by atoms with Gasteiger partial charge < -0.3 is 24.4 Å². The zero-order chi connectivity index (χ0) is 33.9. The van der Waals surface area contributed by atoms with Crippen molar-refractivity contribution in [3.63, 3.8) is 0 Å². The minimum absolute atomic E-state index is 0.0648. The van der Waals surface area contributed by atoms with Gasteiger partial charge in [0.15, 0.2) is 0 Å². The van der Waals surface area contributed by atoms with Gasteiger partial charge in [0.1, 0.15) is 29.6 Å². The first kappa shape index (κ1) is 35.1. The number of benzene rings is 2. The molecule has 0 spiro atoms. The van der Waals surface area contributed by atoms with Crippen LogP contribution < -0.4 is 15.0 Å². The molecule has 1 heterocycles. The van der Waals surface area contributed by atoms with E-state index in [1.165, 1.54) is 17.0 Å². The van der Waals surface area contributed by atoms with E-state index < -0.39 is 47.0 Å². The van der Waals surface area contributed by atoms with E-state index >= 15 is 0 Å². The van der Waals surface area contributed by atoms with Crippen LogP contribution in [0.2, 0.25) is 0 Å². The van der Waals surface area contributed by atoms with E-state index in [0.717, 1.165) is 43.2 Å². The number of ether oxygens (including phenoxy) is 3. The van der Waals surface area contributed by atoms with Crippen LogP contribution in [0.25, 0.3) is 0 Å². The van der Waals surface area contributed by atoms with Gasteiger partial charge in [-0.15, -0.1) is 0 Å². The van der Waals surface area contributed by atoms with E-state index in [0.29, 0.717) is 24.4 Å². The fraction of sp³-hybridized carbons (Fsp3) is 0.571. The Kier molecular flexibility index (Phi) is 10.6. The van der Waals surface area contributed by atoms with Crippen LogP contribution >= 0.6 is 0 Å². The molecule has 0 bridgehead atoms. The van der Waals surface area contributed by atoms with Crippen molar-refractivity contribution < 1.29 is 41.8 Å².